The van der Waals surface area contributed by atoms with Crippen molar-refractivity contribution in [3.63, 3.8) is 0 Å². The van der Waals surface area contributed by atoms with E-state index >= 15 is 0 Å². The molecule has 4 nitrogen and oxygen atoms in total. The van der Waals surface area contributed by atoms with Crippen molar-refractivity contribution in [3.8, 4) is 24.3 Å². The second-order valence-electron chi connectivity index (χ2n) is 11.2. The third-order valence-corrected chi connectivity index (χ3v) is 9.43. The lowest BCUT2D eigenvalue weighted by Crippen LogP contribution is -2.40. The second kappa shape index (κ2) is 10.6. The molecule has 44 heavy (non-hydrogen) atoms. The van der Waals surface area contributed by atoms with Crippen molar-refractivity contribution < 1.29 is 0 Å². The standard InChI is InChI=1S/C40H24N4/c41-22-29(23-42)32-21-33(26-13-5-1-6-14-26)40(31-19-11-4-12-20-31)38(32)37-34(27-15-7-2-8-16-27)35(28-17-9-3-10-18-28)39(40)36(37)30(24-43)25-44/h1-21,37-39H. The first-order chi connectivity index (χ1) is 21.7. The van der Waals surface area contributed by atoms with Gasteiger partial charge in [0.15, 0.2) is 0 Å². The number of nitrogens with zero attached hydrogens (tertiary/aromatic N) is 4. The van der Waals surface area contributed by atoms with Crippen LogP contribution in [0.1, 0.15) is 22.3 Å². The molecule has 3 aliphatic rings. The van der Waals surface area contributed by atoms with Gasteiger partial charge in [-0.3, -0.25) is 0 Å². The molecule has 4 aromatic carbocycles. The van der Waals surface area contributed by atoms with E-state index in [1.807, 2.05) is 78.9 Å². The van der Waals surface area contributed by atoms with Crippen LogP contribution < -0.4 is 0 Å². The molecule has 1 fully saturated rings. The summed E-state index contributed by atoms with van der Waals surface area (Å²) in [5, 5.41) is 41.5. The lowest BCUT2D eigenvalue weighted by molar-refractivity contribution is 0.399. The third-order valence-electron chi connectivity index (χ3n) is 9.43. The molecule has 0 spiro atoms. The summed E-state index contributed by atoms with van der Waals surface area (Å²) >= 11 is 0. The van der Waals surface area contributed by atoms with E-state index in [-0.39, 0.29) is 11.1 Å². The van der Waals surface area contributed by atoms with Gasteiger partial charge in [0.05, 0.1) is 0 Å². The Hall–Kier alpha value is -6.20. The topological polar surface area (TPSA) is 95.2 Å². The zero-order valence-electron chi connectivity index (χ0n) is 23.6. The summed E-state index contributed by atoms with van der Waals surface area (Å²) in [4.78, 5) is 0. The van der Waals surface area contributed by atoms with Crippen LogP contribution in [0.3, 0.4) is 0 Å². The molecule has 7 rings (SSSR count). The fourth-order valence-electron chi connectivity index (χ4n) is 8.07. The molecule has 4 atom stereocenters. The lowest BCUT2D eigenvalue weighted by Gasteiger charge is -2.44. The van der Waals surface area contributed by atoms with Crippen LogP contribution in [0, 0.1) is 63.1 Å². The first-order valence-electron chi connectivity index (χ1n) is 14.5. The second-order valence-corrected chi connectivity index (χ2v) is 11.2. The normalized spacial score (nSPS) is 22.7. The number of nitriles is 4. The van der Waals surface area contributed by atoms with E-state index in [1.54, 1.807) is 0 Å². The van der Waals surface area contributed by atoms with E-state index < -0.39 is 23.2 Å². The maximum Gasteiger partial charge on any atom is 0.133 e. The van der Waals surface area contributed by atoms with Gasteiger partial charge < -0.3 is 0 Å². The Labute approximate surface area is 256 Å². The number of fused-ring (bicyclic) bond motifs is 5. The first-order valence-corrected chi connectivity index (χ1v) is 14.5. The van der Waals surface area contributed by atoms with E-state index in [0.717, 1.165) is 44.5 Å². The summed E-state index contributed by atoms with van der Waals surface area (Å²) in [6.45, 7) is 0. The van der Waals surface area contributed by atoms with Gasteiger partial charge in [0.25, 0.3) is 0 Å². The lowest BCUT2D eigenvalue weighted by atomic mass is 9.56. The van der Waals surface area contributed by atoms with E-state index in [2.05, 4.69) is 72.8 Å². The SMILES string of the molecule is N#CC(C#N)=C1C2C(c3ccccc3)=C(c3ccccc3)C1C1(c3ccccc3)C(c3ccccc3)=CC(=C(C#N)C#N)C21. The molecule has 0 heterocycles. The van der Waals surface area contributed by atoms with E-state index in [9.17, 15) is 21.0 Å². The smallest absolute Gasteiger partial charge is 0.133 e. The van der Waals surface area contributed by atoms with Gasteiger partial charge in [0, 0.05) is 23.2 Å². The summed E-state index contributed by atoms with van der Waals surface area (Å²) in [6, 6.07) is 49.4. The number of benzene rings is 4. The quantitative estimate of drug-likeness (QED) is 0.235. The molecular weight excluding hydrogens is 536 g/mol. The Morgan fingerprint density at radius 2 is 0.977 bits per heavy atom. The number of allylic oxidation sites excluding steroid dienone is 8. The van der Waals surface area contributed by atoms with Crippen LogP contribution in [0.2, 0.25) is 0 Å². The Morgan fingerprint density at radius 1 is 0.523 bits per heavy atom. The highest BCUT2D eigenvalue weighted by atomic mass is 14.7. The van der Waals surface area contributed by atoms with Gasteiger partial charge in [-0.2, -0.15) is 21.0 Å². The maximum absolute atomic E-state index is 10.5. The fourth-order valence-corrected chi connectivity index (χ4v) is 8.07. The predicted molar refractivity (Wildman–Crippen MR) is 169 cm³/mol. The molecule has 0 aliphatic heterocycles. The van der Waals surface area contributed by atoms with Crippen LogP contribution >= 0.6 is 0 Å². The van der Waals surface area contributed by atoms with Gasteiger partial charge in [0.1, 0.15) is 35.4 Å². The molecule has 2 bridgehead atoms. The van der Waals surface area contributed by atoms with Gasteiger partial charge >= 0.3 is 0 Å². The van der Waals surface area contributed by atoms with E-state index in [4.69, 9.17) is 0 Å². The molecule has 0 radical (unpaired) electrons. The number of rotatable bonds is 4. The van der Waals surface area contributed by atoms with Crippen LogP contribution in [-0.4, -0.2) is 0 Å². The van der Waals surface area contributed by atoms with Gasteiger partial charge in [-0.25, -0.2) is 0 Å². The minimum atomic E-state index is -0.792. The van der Waals surface area contributed by atoms with Gasteiger partial charge in [0.2, 0.25) is 0 Å². The summed E-state index contributed by atoms with van der Waals surface area (Å²) in [5.41, 5.74) is 7.85. The molecule has 0 aromatic heterocycles. The molecule has 0 N–H and O–H groups in total. The highest BCUT2D eigenvalue weighted by Crippen LogP contribution is 2.76. The molecule has 0 saturated heterocycles. The first kappa shape index (κ1) is 26.7. The minimum absolute atomic E-state index is 0.0530. The Bertz CT molecular complexity index is 2060. The van der Waals surface area contributed by atoms with Gasteiger partial charge in [-0.15, -0.1) is 0 Å². The summed E-state index contributed by atoms with van der Waals surface area (Å²) in [6.07, 6.45) is 2.04. The summed E-state index contributed by atoms with van der Waals surface area (Å²) < 4.78 is 0. The average Bonchev–Trinajstić information content (AvgIpc) is 3.72. The minimum Gasteiger partial charge on any atom is -0.192 e. The molecule has 0 amide bonds. The van der Waals surface area contributed by atoms with Crippen LogP contribution in [0.4, 0.5) is 0 Å². The monoisotopic (exact) mass is 560 g/mol. The Kier molecular flexibility index (Phi) is 6.41. The maximum atomic E-state index is 10.5. The third kappa shape index (κ3) is 3.60. The molecule has 3 aliphatic carbocycles. The van der Waals surface area contributed by atoms with Crippen molar-refractivity contribution in [1.29, 1.82) is 21.0 Å². The highest BCUT2D eigenvalue weighted by molar-refractivity contribution is 6.06. The van der Waals surface area contributed by atoms with Crippen LogP contribution in [-0.2, 0) is 5.41 Å². The van der Waals surface area contributed by atoms with Crippen molar-refractivity contribution in [2.24, 2.45) is 17.8 Å². The average molecular weight is 561 g/mol. The van der Waals surface area contributed by atoms with Crippen molar-refractivity contribution in [3.05, 3.63) is 172 Å². The van der Waals surface area contributed by atoms with E-state index in [0.29, 0.717) is 5.57 Å². The molecule has 4 unspecified atom stereocenters. The summed E-state index contributed by atoms with van der Waals surface area (Å²) in [7, 11) is 0. The highest BCUT2D eigenvalue weighted by Gasteiger charge is 2.70. The number of hydrogen-bond donors (Lipinski definition) is 0. The molecular formula is C40H24N4. The van der Waals surface area contributed by atoms with Gasteiger partial charge in [-0.1, -0.05) is 127 Å². The van der Waals surface area contributed by atoms with Crippen molar-refractivity contribution in [2.45, 2.75) is 5.41 Å². The van der Waals surface area contributed by atoms with Crippen LogP contribution in [0.25, 0.3) is 16.7 Å². The van der Waals surface area contributed by atoms with Crippen LogP contribution in [0.15, 0.2) is 150 Å². The number of hydrogen-bond acceptors (Lipinski definition) is 4. The van der Waals surface area contributed by atoms with E-state index in [1.165, 1.54) is 0 Å². The predicted octanol–water partition coefficient (Wildman–Crippen LogP) is 8.20. The molecule has 204 valence electrons. The summed E-state index contributed by atoms with van der Waals surface area (Å²) in [5.74, 6) is -1.22. The molecule has 1 saturated carbocycles. The zero-order valence-corrected chi connectivity index (χ0v) is 23.6. The fraction of sp³-hybridized carbons (Fsp3) is 0.100. The Morgan fingerprint density at radius 3 is 1.48 bits per heavy atom. The molecule has 4 aromatic rings. The van der Waals surface area contributed by atoms with Crippen molar-refractivity contribution in [1.82, 2.24) is 0 Å². The Balaban J connectivity index is 1.73. The van der Waals surface area contributed by atoms with Crippen molar-refractivity contribution in [2.75, 3.05) is 0 Å². The van der Waals surface area contributed by atoms with Crippen LogP contribution in [0.5, 0.6) is 0 Å². The van der Waals surface area contributed by atoms with Gasteiger partial charge in [-0.05, 0) is 50.1 Å². The van der Waals surface area contributed by atoms with Crippen molar-refractivity contribution >= 4 is 16.7 Å². The zero-order chi connectivity index (χ0) is 30.3. The molecule has 4 heteroatoms. The largest absolute Gasteiger partial charge is 0.192 e.